The first-order valence-corrected chi connectivity index (χ1v) is 10.4. The summed E-state index contributed by atoms with van der Waals surface area (Å²) < 4.78 is 43.7. The van der Waals surface area contributed by atoms with Crippen LogP contribution in [0.5, 0.6) is 5.75 Å². The van der Waals surface area contributed by atoms with Gasteiger partial charge in [-0.2, -0.15) is 0 Å². The Morgan fingerprint density at radius 2 is 2.03 bits per heavy atom. The third-order valence-electron chi connectivity index (χ3n) is 5.89. The summed E-state index contributed by atoms with van der Waals surface area (Å²) in [5, 5.41) is 8.90. The Morgan fingerprint density at radius 1 is 1.34 bits per heavy atom. The standard InChI is InChI=1S/C24H26F3NO4/c1-5-28-19-12-18(23(3,4)13-17(19)14(2)10-21(28)29)16-11-15(7-9-22(30)31)6-8-20(16)32-24(25,26)27/h6-9,11-12,14H,5,10,13H2,1-4H3,(H,30,31)/b9-7+. The lowest BCUT2D eigenvalue weighted by atomic mass is 9.68. The van der Waals surface area contributed by atoms with E-state index in [1.54, 1.807) is 11.0 Å². The van der Waals surface area contributed by atoms with Crippen molar-refractivity contribution < 1.29 is 32.6 Å². The van der Waals surface area contributed by atoms with Gasteiger partial charge in [0.2, 0.25) is 5.91 Å². The predicted molar refractivity (Wildman–Crippen MR) is 114 cm³/mol. The fourth-order valence-electron chi connectivity index (χ4n) is 4.43. The number of hydrogen-bond acceptors (Lipinski definition) is 3. The number of carbonyl (C=O) groups excluding carboxylic acids is 1. The number of nitrogens with zero attached hydrogens (tertiary/aromatic N) is 1. The van der Waals surface area contributed by atoms with Crippen molar-refractivity contribution in [2.75, 3.05) is 6.54 Å². The molecule has 5 nitrogen and oxygen atoms in total. The summed E-state index contributed by atoms with van der Waals surface area (Å²) in [6.45, 7) is 8.20. The Bertz CT molecular complexity index is 1030. The molecule has 0 aromatic heterocycles. The van der Waals surface area contributed by atoms with Crippen LogP contribution < -0.4 is 4.74 Å². The second kappa shape index (κ2) is 8.48. The van der Waals surface area contributed by atoms with Crippen LogP contribution in [0.4, 0.5) is 13.2 Å². The van der Waals surface area contributed by atoms with E-state index in [-0.39, 0.29) is 23.1 Å². The number of benzene rings is 1. The van der Waals surface area contributed by atoms with E-state index in [1.165, 1.54) is 24.3 Å². The van der Waals surface area contributed by atoms with E-state index in [0.717, 1.165) is 17.3 Å². The number of carboxylic acid groups (broad SMARTS) is 1. The van der Waals surface area contributed by atoms with Gasteiger partial charge in [0, 0.05) is 30.3 Å². The Kier molecular flexibility index (Phi) is 6.26. The number of ether oxygens (including phenoxy) is 1. The molecule has 2 aliphatic rings. The van der Waals surface area contributed by atoms with Gasteiger partial charge in [0.1, 0.15) is 5.75 Å². The highest BCUT2D eigenvalue weighted by atomic mass is 19.4. The number of carboxylic acids is 1. The molecule has 1 aromatic rings. The number of halogens is 3. The molecule has 3 rings (SSSR count). The fraction of sp³-hybridized carbons (Fsp3) is 0.417. The zero-order valence-corrected chi connectivity index (χ0v) is 18.4. The molecule has 1 heterocycles. The van der Waals surface area contributed by atoms with Crippen molar-refractivity contribution in [3.8, 4) is 5.75 Å². The van der Waals surface area contributed by atoms with Gasteiger partial charge in [-0.15, -0.1) is 13.2 Å². The minimum absolute atomic E-state index is 0.0148. The van der Waals surface area contributed by atoms with Crippen LogP contribution >= 0.6 is 0 Å². The van der Waals surface area contributed by atoms with Gasteiger partial charge in [-0.05, 0) is 65.7 Å². The molecule has 0 spiro atoms. The predicted octanol–water partition coefficient (Wildman–Crippen LogP) is 5.64. The van der Waals surface area contributed by atoms with E-state index in [9.17, 15) is 22.8 Å². The highest BCUT2D eigenvalue weighted by molar-refractivity contribution is 5.87. The molecule has 1 atom stereocenters. The minimum Gasteiger partial charge on any atom is -0.478 e. The fourth-order valence-corrected chi connectivity index (χ4v) is 4.43. The van der Waals surface area contributed by atoms with Crippen LogP contribution in [0.3, 0.4) is 0 Å². The van der Waals surface area contributed by atoms with E-state index >= 15 is 0 Å². The summed E-state index contributed by atoms with van der Waals surface area (Å²) in [4.78, 5) is 25.1. The van der Waals surface area contributed by atoms with Crippen molar-refractivity contribution in [1.29, 1.82) is 0 Å². The smallest absolute Gasteiger partial charge is 0.478 e. The molecule has 0 saturated heterocycles. The molecule has 1 N–H and O–H groups in total. The van der Waals surface area contributed by atoms with Crippen LogP contribution in [0.25, 0.3) is 11.6 Å². The van der Waals surface area contributed by atoms with E-state index < -0.39 is 17.7 Å². The van der Waals surface area contributed by atoms with E-state index in [2.05, 4.69) is 4.74 Å². The zero-order chi connectivity index (χ0) is 23.8. The first-order valence-electron chi connectivity index (χ1n) is 10.4. The normalized spacial score (nSPS) is 21.0. The molecule has 0 saturated carbocycles. The van der Waals surface area contributed by atoms with Crippen molar-refractivity contribution in [3.05, 3.63) is 52.7 Å². The second-order valence-corrected chi connectivity index (χ2v) is 8.75. The number of rotatable bonds is 5. The Morgan fingerprint density at radius 3 is 2.62 bits per heavy atom. The second-order valence-electron chi connectivity index (χ2n) is 8.75. The maximum atomic E-state index is 13.1. The summed E-state index contributed by atoms with van der Waals surface area (Å²) in [5.41, 5.74) is 2.55. The van der Waals surface area contributed by atoms with Gasteiger partial charge >= 0.3 is 12.3 Å². The monoisotopic (exact) mass is 449 g/mol. The molecule has 172 valence electrons. The van der Waals surface area contributed by atoms with Crippen LogP contribution in [0.15, 0.2) is 41.6 Å². The largest absolute Gasteiger partial charge is 0.573 e. The average Bonchev–Trinajstić information content (AvgIpc) is 2.66. The van der Waals surface area contributed by atoms with Crippen molar-refractivity contribution in [1.82, 2.24) is 4.90 Å². The summed E-state index contributed by atoms with van der Waals surface area (Å²) in [6, 6.07) is 4.05. The molecular formula is C24H26F3NO4. The number of amides is 1. The molecule has 1 aromatic carbocycles. The number of carbonyl (C=O) groups is 2. The number of aliphatic carboxylic acids is 1. The van der Waals surface area contributed by atoms with Gasteiger partial charge in [0.05, 0.1) is 0 Å². The molecule has 0 radical (unpaired) electrons. The summed E-state index contributed by atoms with van der Waals surface area (Å²) in [6.07, 6.45) is 0.129. The molecule has 1 unspecified atom stereocenters. The first-order chi connectivity index (χ1) is 14.8. The summed E-state index contributed by atoms with van der Waals surface area (Å²) in [5.74, 6) is -1.50. The molecular weight excluding hydrogens is 423 g/mol. The van der Waals surface area contributed by atoms with E-state index in [0.29, 0.717) is 30.5 Å². The third kappa shape index (κ3) is 4.89. The van der Waals surface area contributed by atoms with Gasteiger partial charge in [-0.3, -0.25) is 4.79 Å². The number of hydrogen-bond donors (Lipinski definition) is 1. The van der Waals surface area contributed by atoms with Crippen LogP contribution in [-0.2, 0) is 9.59 Å². The maximum absolute atomic E-state index is 13.1. The van der Waals surface area contributed by atoms with Gasteiger partial charge in [-0.25, -0.2) is 4.79 Å². The lowest BCUT2D eigenvalue weighted by molar-refractivity contribution is -0.274. The van der Waals surface area contributed by atoms with Gasteiger partial charge in [-0.1, -0.05) is 26.8 Å². The highest BCUT2D eigenvalue weighted by Gasteiger charge is 2.40. The zero-order valence-electron chi connectivity index (χ0n) is 18.4. The van der Waals surface area contributed by atoms with Gasteiger partial charge in [0.15, 0.2) is 0 Å². The van der Waals surface area contributed by atoms with Crippen molar-refractivity contribution in [2.24, 2.45) is 11.3 Å². The quantitative estimate of drug-likeness (QED) is 0.591. The van der Waals surface area contributed by atoms with Crippen molar-refractivity contribution >= 4 is 23.5 Å². The van der Waals surface area contributed by atoms with Crippen molar-refractivity contribution in [3.63, 3.8) is 0 Å². The molecule has 32 heavy (non-hydrogen) atoms. The Balaban J connectivity index is 2.22. The Labute approximate surface area is 184 Å². The van der Waals surface area contributed by atoms with Crippen LogP contribution in [0, 0.1) is 11.3 Å². The number of alkyl halides is 3. The molecule has 8 heteroatoms. The van der Waals surface area contributed by atoms with Crippen LogP contribution in [0.2, 0.25) is 0 Å². The third-order valence-corrected chi connectivity index (χ3v) is 5.89. The molecule has 0 bridgehead atoms. The van der Waals surface area contributed by atoms with Crippen LogP contribution in [-0.4, -0.2) is 34.8 Å². The van der Waals surface area contributed by atoms with E-state index in [4.69, 9.17) is 5.11 Å². The SMILES string of the molecule is CCN1C(=O)CC(C)C2=C1C=C(c1cc(/C=C/C(=O)O)ccc1OC(F)(F)F)C(C)(C)C2. The molecule has 1 aliphatic carbocycles. The summed E-state index contributed by atoms with van der Waals surface area (Å²) >= 11 is 0. The highest BCUT2D eigenvalue weighted by Crippen LogP contribution is 2.51. The minimum atomic E-state index is -4.89. The van der Waals surface area contributed by atoms with Crippen molar-refractivity contribution in [2.45, 2.75) is 46.9 Å². The van der Waals surface area contributed by atoms with Crippen LogP contribution in [0.1, 0.15) is 51.7 Å². The molecule has 1 aliphatic heterocycles. The first kappa shape index (κ1) is 23.6. The maximum Gasteiger partial charge on any atom is 0.573 e. The Hall–Kier alpha value is -3.03. The lowest BCUT2D eigenvalue weighted by Crippen LogP contribution is -2.39. The molecule has 0 fully saturated rings. The number of likely N-dealkylation sites (N-methyl/N-ethyl adjacent to an activating group) is 1. The summed E-state index contributed by atoms with van der Waals surface area (Å²) in [7, 11) is 0. The number of allylic oxidation sites excluding steroid dienone is 3. The topological polar surface area (TPSA) is 66.8 Å². The van der Waals surface area contributed by atoms with Gasteiger partial charge < -0.3 is 14.7 Å². The van der Waals surface area contributed by atoms with E-state index in [1.807, 2.05) is 27.7 Å². The lowest BCUT2D eigenvalue weighted by Gasteiger charge is -2.42. The average molecular weight is 449 g/mol. The van der Waals surface area contributed by atoms with Gasteiger partial charge in [0.25, 0.3) is 0 Å². The molecule has 1 amide bonds.